The lowest BCUT2D eigenvalue weighted by atomic mass is 10.1. The van der Waals surface area contributed by atoms with E-state index in [-0.39, 0.29) is 5.91 Å². The molecule has 0 aromatic carbocycles. The molecule has 1 saturated heterocycles. The zero-order valence-corrected chi connectivity index (χ0v) is 11.1. The number of amides is 1. The number of carbonyl (C=O) groups is 1. The first-order valence-electron chi connectivity index (χ1n) is 5.83. The molecule has 4 heteroatoms. The quantitative estimate of drug-likeness (QED) is 0.845. The van der Waals surface area contributed by atoms with Crippen molar-refractivity contribution < 1.29 is 4.79 Å². The van der Waals surface area contributed by atoms with Crippen molar-refractivity contribution in [2.75, 3.05) is 6.54 Å². The number of rotatable bonds is 1. The van der Waals surface area contributed by atoms with Gasteiger partial charge in [0.25, 0.3) is 5.91 Å². The van der Waals surface area contributed by atoms with Crippen molar-refractivity contribution in [3.63, 3.8) is 0 Å². The maximum absolute atomic E-state index is 12.3. The number of likely N-dealkylation sites (tertiary alicyclic amines) is 1. The summed E-state index contributed by atoms with van der Waals surface area (Å²) in [6.07, 6.45) is 6.52. The number of nitrogens with one attached hydrogen (secondary N) is 1. The predicted octanol–water partition coefficient (Wildman–Crippen LogP) is 3.18. The summed E-state index contributed by atoms with van der Waals surface area (Å²) in [6, 6.07) is 2.21. The number of aromatic amines is 1. The highest BCUT2D eigenvalue weighted by Gasteiger charge is 2.23. The van der Waals surface area contributed by atoms with E-state index in [1.54, 1.807) is 6.20 Å². The van der Waals surface area contributed by atoms with Crippen molar-refractivity contribution in [2.24, 2.45) is 0 Å². The van der Waals surface area contributed by atoms with Gasteiger partial charge in [-0.1, -0.05) is 12.8 Å². The van der Waals surface area contributed by atoms with Gasteiger partial charge in [-0.05, 0) is 41.8 Å². The minimum absolute atomic E-state index is 0.125. The Morgan fingerprint density at radius 3 is 3.00 bits per heavy atom. The molecule has 1 unspecified atom stereocenters. The Bertz CT molecular complexity index is 375. The van der Waals surface area contributed by atoms with Gasteiger partial charge < -0.3 is 9.88 Å². The first kappa shape index (κ1) is 11.7. The Morgan fingerprint density at radius 2 is 2.31 bits per heavy atom. The maximum atomic E-state index is 12.3. The van der Waals surface area contributed by atoms with Gasteiger partial charge in [-0.3, -0.25) is 4.79 Å². The molecule has 1 aliphatic rings. The minimum atomic E-state index is 0.125. The summed E-state index contributed by atoms with van der Waals surface area (Å²) in [5.41, 5.74) is 0.681. The van der Waals surface area contributed by atoms with Crippen LogP contribution in [-0.2, 0) is 0 Å². The number of carbonyl (C=O) groups excluding carboxylic acids is 1. The summed E-state index contributed by atoms with van der Waals surface area (Å²) in [5, 5.41) is 0. The van der Waals surface area contributed by atoms with Gasteiger partial charge in [0.1, 0.15) is 5.69 Å². The van der Waals surface area contributed by atoms with Gasteiger partial charge in [-0.25, -0.2) is 0 Å². The second-order valence-corrected chi connectivity index (χ2v) is 5.34. The normalized spacial score (nSPS) is 21.9. The Labute approximate surface area is 104 Å². The van der Waals surface area contributed by atoms with Crippen LogP contribution in [0.5, 0.6) is 0 Å². The molecule has 1 N–H and O–H groups in total. The van der Waals surface area contributed by atoms with E-state index in [4.69, 9.17) is 0 Å². The van der Waals surface area contributed by atoms with Crippen LogP contribution in [0.3, 0.4) is 0 Å². The topological polar surface area (TPSA) is 36.1 Å². The molecule has 0 aliphatic carbocycles. The first-order chi connectivity index (χ1) is 7.68. The van der Waals surface area contributed by atoms with Crippen LogP contribution in [0.25, 0.3) is 0 Å². The van der Waals surface area contributed by atoms with E-state index in [9.17, 15) is 4.79 Å². The first-order valence-corrected chi connectivity index (χ1v) is 6.62. The third-order valence-corrected chi connectivity index (χ3v) is 3.65. The largest absolute Gasteiger partial charge is 0.356 e. The molecule has 1 aromatic rings. The molecular formula is C12H17BrN2O. The van der Waals surface area contributed by atoms with E-state index < -0.39 is 0 Å². The Morgan fingerprint density at radius 1 is 1.50 bits per heavy atom. The van der Waals surface area contributed by atoms with Crippen LogP contribution in [0.1, 0.15) is 43.1 Å². The fourth-order valence-corrected chi connectivity index (χ4v) is 2.57. The number of hydrogen-bond donors (Lipinski definition) is 1. The van der Waals surface area contributed by atoms with E-state index in [2.05, 4.69) is 27.8 Å². The number of halogens is 1. The molecule has 3 nitrogen and oxygen atoms in total. The van der Waals surface area contributed by atoms with Crippen molar-refractivity contribution >= 4 is 21.8 Å². The lowest BCUT2D eigenvalue weighted by Gasteiger charge is -2.26. The van der Waals surface area contributed by atoms with Crippen molar-refractivity contribution in [1.82, 2.24) is 9.88 Å². The molecule has 1 atom stereocenters. The number of H-pyrrole nitrogens is 1. The van der Waals surface area contributed by atoms with Crippen LogP contribution in [0.2, 0.25) is 0 Å². The van der Waals surface area contributed by atoms with Crippen LogP contribution >= 0.6 is 15.9 Å². The molecule has 88 valence electrons. The highest BCUT2D eigenvalue weighted by atomic mass is 79.9. The molecule has 1 aliphatic heterocycles. The van der Waals surface area contributed by atoms with Crippen molar-refractivity contribution in [1.29, 1.82) is 0 Å². The van der Waals surface area contributed by atoms with Crippen molar-refractivity contribution in [3.05, 3.63) is 22.4 Å². The second kappa shape index (κ2) is 5.04. The molecule has 0 saturated carbocycles. The molecule has 2 heterocycles. The second-order valence-electron chi connectivity index (χ2n) is 4.43. The average molecular weight is 285 g/mol. The van der Waals surface area contributed by atoms with Crippen molar-refractivity contribution in [2.45, 2.75) is 38.6 Å². The highest BCUT2D eigenvalue weighted by molar-refractivity contribution is 9.10. The third kappa shape index (κ3) is 2.48. The summed E-state index contributed by atoms with van der Waals surface area (Å²) in [4.78, 5) is 17.2. The van der Waals surface area contributed by atoms with Gasteiger partial charge in [0.15, 0.2) is 0 Å². The lowest BCUT2D eigenvalue weighted by molar-refractivity contribution is 0.0692. The van der Waals surface area contributed by atoms with Crippen LogP contribution in [0, 0.1) is 0 Å². The molecule has 0 radical (unpaired) electrons. The fraction of sp³-hybridized carbons (Fsp3) is 0.583. The van der Waals surface area contributed by atoms with Gasteiger partial charge in [0.2, 0.25) is 0 Å². The SMILES string of the molecule is CC1CCCCCN1C(=O)c1cc(Br)c[nH]1. The molecule has 1 aromatic heterocycles. The maximum Gasteiger partial charge on any atom is 0.270 e. The molecule has 0 bridgehead atoms. The molecule has 0 spiro atoms. The summed E-state index contributed by atoms with van der Waals surface area (Å²) in [6.45, 7) is 3.03. The monoisotopic (exact) mass is 284 g/mol. The average Bonchev–Trinajstić information content (AvgIpc) is 2.57. The number of nitrogens with zero attached hydrogens (tertiary/aromatic N) is 1. The zero-order chi connectivity index (χ0) is 11.5. The van der Waals surface area contributed by atoms with E-state index in [0.717, 1.165) is 23.9 Å². The van der Waals surface area contributed by atoms with Crippen molar-refractivity contribution in [3.8, 4) is 0 Å². The van der Waals surface area contributed by atoms with Gasteiger partial charge in [0.05, 0.1) is 0 Å². The summed E-state index contributed by atoms with van der Waals surface area (Å²) in [7, 11) is 0. The summed E-state index contributed by atoms with van der Waals surface area (Å²) >= 11 is 3.35. The molecule has 2 rings (SSSR count). The van der Waals surface area contributed by atoms with Gasteiger partial charge in [-0.2, -0.15) is 0 Å². The zero-order valence-electron chi connectivity index (χ0n) is 9.50. The number of aromatic nitrogens is 1. The molecule has 16 heavy (non-hydrogen) atoms. The Hall–Kier alpha value is -0.770. The standard InChI is InChI=1S/C12H17BrN2O/c1-9-5-3-2-4-6-15(9)12(16)11-7-10(13)8-14-11/h7-9,14H,2-6H2,1H3. The summed E-state index contributed by atoms with van der Waals surface area (Å²) < 4.78 is 0.929. The minimum Gasteiger partial charge on any atom is -0.356 e. The van der Waals surface area contributed by atoms with Crippen LogP contribution < -0.4 is 0 Å². The molecule has 1 fully saturated rings. The number of hydrogen-bond acceptors (Lipinski definition) is 1. The van der Waals surface area contributed by atoms with Crippen LogP contribution in [0.4, 0.5) is 0 Å². The highest BCUT2D eigenvalue weighted by Crippen LogP contribution is 2.20. The third-order valence-electron chi connectivity index (χ3n) is 3.19. The van der Waals surface area contributed by atoms with Gasteiger partial charge in [-0.15, -0.1) is 0 Å². The smallest absolute Gasteiger partial charge is 0.270 e. The fourth-order valence-electron chi connectivity index (χ4n) is 2.22. The summed E-state index contributed by atoms with van der Waals surface area (Å²) in [5.74, 6) is 0.125. The molecule has 1 amide bonds. The van der Waals surface area contributed by atoms with E-state index in [0.29, 0.717) is 11.7 Å². The molecular weight excluding hydrogens is 268 g/mol. The van der Waals surface area contributed by atoms with Crippen LogP contribution in [-0.4, -0.2) is 28.4 Å². The van der Waals surface area contributed by atoms with Gasteiger partial charge >= 0.3 is 0 Å². The Balaban J connectivity index is 2.13. The van der Waals surface area contributed by atoms with Gasteiger partial charge in [0, 0.05) is 23.3 Å². The van der Waals surface area contributed by atoms with E-state index in [1.165, 1.54) is 12.8 Å². The Kier molecular flexibility index (Phi) is 3.69. The van der Waals surface area contributed by atoms with E-state index >= 15 is 0 Å². The van der Waals surface area contributed by atoms with Crippen LogP contribution in [0.15, 0.2) is 16.7 Å². The lowest BCUT2D eigenvalue weighted by Crippen LogP contribution is -2.38. The van der Waals surface area contributed by atoms with E-state index in [1.807, 2.05) is 11.0 Å². The predicted molar refractivity (Wildman–Crippen MR) is 67.5 cm³/mol.